The number of nitrogens with zero attached hydrogens (tertiary/aromatic N) is 1. The smallest absolute Gasteiger partial charge is 0.242 e. The Balaban J connectivity index is 1.95. The van der Waals surface area contributed by atoms with Crippen molar-refractivity contribution < 1.29 is 4.79 Å². The minimum Gasteiger partial charge on any atom is -0.310 e. The fourth-order valence-corrected chi connectivity index (χ4v) is 2.78. The number of piperidine rings is 1. The number of allylic oxidation sites excluding steroid dienone is 1. The fourth-order valence-electron chi connectivity index (χ4n) is 2.68. The van der Waals surface area contributed by atoms with E-state index in [0.29, 0.717) is 23.0 Å². The molecule has 0 radical (unpaired) electrons. The maximum Gasteiger partial charge on any atom is 0.242 e. The molecule has 0 spiro atoms. The number of fused-ring (bicyclic) bond motifs is 2. The summed E-state index contributed by atoms with van der Waals surface area (Å²) in [5.41, 5.74) is 0. The van der Waals surface area contributed by atoms with Crippen LogP contribution in [0.15, 0.2) is 16.9 Å². The van der Waals surface area contributed by atoms with Crippen LogP contribution in [0.4, 0.5) is 0 Å². The quantitative estimate of drug-likeness (QED) is 0.755. The summed E-state index contributed by atoms with van der Waals surface area (Å²) in [6.07, 6.45) is 5.22. The van der Waals surface area contributed by atoms with Crippen molar-refractivity contribution in [3.8, 4) is 0 Å². The Morgan fingerprint density at radius 2 is 2.29 bits per heavy atom. The minimum absolute atomic E-state index is 0.00645. The average molecular weight is 256 g/mol. The highest BCUT2D eigenvalue weighted by molar-refractivity contribution is 6.64. The van der Waals surface area contributed by atoms with Gasteiger partial charge >= 0.3 is 0 Å². The molecule has 0 aromatic heterocycles. The summed E-state index contributed by atoms with van der Waals surface area (Å²) in [4.78, 5) is 16.1. The molecule has 2 aliphatic rings. The highest BCUT2D eigenvalue weighted by atomic mass is 35.5. The molecule has 2 bridgehead atoms. The van der Waals surface area contributed by atoms with Crippen LogP contribution < -0.4 is 10.6 Å². The maximum absolute atomic E-state index is 12.1. The molecule has 3 atom stereocenters. The van der Waals surface area contributed by atoms with Crippen LogP contribution in [0.3, 0.4) is 0 Å². The van der Waals surface area contributed by atoms with Crippen LogP contribution in [0.1, 0.15) is 33.1 Å². The van der Waals surface area contributed by atoms with Gasteiger partial charge in [0.25, 0.3) is 0 Å². The van der Waals surface area contributed by atoms with Crippen molar-refractivity contribution in [2.45, 2.75) is 45.2 Å². The monoisotopic (exact) mass is 255 g/mol. The second-order valence-corrected chi connectivity index (χ2v) is 5.23. The number of amides is 1. The standard InChI is InChI=1S/C12H18ClN3O/c1-3-10(14-7(2)13)16-12(17)11-8-4-5-9(6-8)15-11/h3,8-9,11,15H,4-6H2,1-2H3,(H,16,17)/b10-3+,14-7+. The molecule has 1 aliphatic heterocycles. The first-order chi connectivity index (χ1) is 8.10. The van der Waals surface area contributed by atoms with Crippen molar-refractivity contribution in [3.63, 3.8) is 0 Å². The van der Waals surface area contributed by atoms with Crippen molar-refractivity contribution in [2.24, 2.45) is 10.9 Å². The Labute approximate surface area is 107 Å². The molecule has 3 unspecified atom stereocenters. The number of rotatable bonds is 3. The number of hydrogen-bond donors (Lipinski definition) is 2. The summed E-state index contributed by atoms with van der Waals surface area (Å²) < 4.78 is 0. The molecule has 0 aromatic carbocycles. The lowest BCUT2D eigenvalue weighted by Crippen LogP contribution is -2.47. The van der Waals surface area contributed by atoms with Crippen LogP contribution >= 0.6 is 11.6 Å². The zero-order valence-corrected chi connectivity index (χ0v) is 10.9. The highest BCUT2D eigenvalue weighted by Gasteiger charge is 2.42. The van der Waals surface area contributed by atoms with Crippen LogP contribution in [-0.4, -0.2) is 23.2 Å². The van der Waals surface area contributed by atoms with E-state index in [1.165, 1.54) is 6.42 Å². The van der Waals surface area contributed by atoms with Crippen LogP contribution in [0, 0.1) is 5.92 Å². The van der Waals surface area contributed by atoms with Gasteiger partial charge in [0.15, 0.2) is 0 Å². The van der Waals surface area contributed by atoms with Crippen molar-refractivity contribution in [3.05, 3.63) is 11.9 Å². The molecule has 1 saturated heterocycles. The first-order valence-electron chi connectivity index (χ1n) is 6.04. The largest absolute Gasteiger partial charge is 0.310 e. The van der Waals surface area contributed by atoms with E-state index in [-0.39, 0.29) is 11.9 Å². The molecule has 94 valence electrons. The van der Waals surface area contributed by atoms with E-state index in [2.05, 4.69) is 15.6 Å². The molecule has 2 fully saturated rings. The fraction of sp³-hybridized carbons (Fsp3) is 0.667. The number of hydrogen-bond acceptors (Lipinski definition) is 3. The number of carbonyl (C=O) groups is 1. The molecule has 1 aliphatic carbocycles. The topological polar surface area (TPSA) is 53.5 Å². The Kier molecular flexibility index (Phi) is 3.84. The lowest BCUT2D eigenvalue weighted by molar-refractivity contribution is -0.123. The molecule has 1 saturated carbocycles. The summed E-state index contributed by atoms with van der Waals surface area (Å²) >= 11 is 5.70. The molecular weight excluding hydrogens is 238 g/mol. The molecule has 2 N–H and O–H groups in total. The molecule has 2 rings (SSSR count). The van der Waals surface area contributed by atoms with Gasteiger partial charge in [0, 0.05) is 6.04 Å². The van der Waals surface area contributed by atoms with Gasteiger partial charge in [-0.2, -0.15) is 0 Å². The second-order valence-electron chi connectivity index (χ2n) is 4.69. The highest BCUT2D eigenvalue weighted by Crippen LogP contribution is 2.35. The van der Waals surface area contributed by atoms with Gasteiger partial charge in [-0.15, -0.1) is 0 Å². The third-order valence-corrected chi connectivity index (χ3v) is 3.53. The van der Waals surface area contributed by atoms with E-state index >= 15 is 0 Å². The van der Waals surface area contributed by atoms with Crippen molar-refractivity contribution >= 4 is 22.7 Å². The van der Waals surface area contributed by atoms with Crippen LogP contribution in [-0.2, 0) is 4.79 Å². The van der Waals surface area contributed by atoms with Gasteiger partial charge in [-0.3, -0.25) is 4.79 Å². The summed E-state index contributed by atoms with van der Waals surface area (Å²) in [5.74, 6) is 1.01. The third kappa shape index (κ3) is 2.87. The van der Waals surface area contributed by atoms with Gasteiger partial charge < -0.3 is 10.6 Å². The van der Waals surface area contributed by atoms with Gasteiger partial charge in [0.1, 0.15) is 11.0 Å². The van der Waals surface area contributed by atoms with E-state index in [0.717, 1.165) is 12.8 Å². The predicted molar refractivity (Wildman–Crippen MR) is 68.9 cm³/mol. The zero-order chi connectivity index (χ0) is 12.4. The van der Waals surface area contributed by atoms with Crippen molar-refractivity contribution in [1.29, 1.82) is 0 Å². The SMILES string of the molecule is C/C=C(\N=C(/C)Cl)NC(=O)C1NC2CCC1C2. The van der Waals surface area contributed by atoms with Gasteiger partial charge in [-0.25, -0.2) is 4.99 Å². The van der Waals surface area contributed by atoms with Crippen molar-refractivity contribution in [2.75, 3.05) is 0 Å². The van der Waals surface area contributed by atoms with Gasteiger partial charge in [0.05, 0.1) is 6.04 Å². The summed E-state index contributed by atoms with van der Waals surface area (Å²) in [6, 6.07) is 0.470. The van der Waals surface area contributed by atoms with E-state index in [1.807, 2.05) is 6.92 Å². The van der Waals surface area contributed by atoms with Crippen LogP contribution in [0.2, 0.25) is 0 Å². The lowest BCUT2D eigenvalue weighted by Gasteiger charge is -2.22. The molecular formula is C12H18ClN3O. The third-order valence-electron chi connectivity index (χ3n) is 3.44. The minimum atomic E-state index is -0.0606. The Bertz CT molecular complexity index is 374. The number of halogens is 1. The van der Waals surface area contributed by atoms with E-state index in [1.54, 1.807) is 13.0 Å². The van der Waals surface area contributed by atoms with E-state index in [4.69, 9.17) is 11.6 Å². The van der Waals surface area contributed by atoms with Crippen molar-refractivity contribution in [1.82, 2.24) is 10.6 Å². The van der Waals surface area contributed by atoms with E-state index < -0.39 is 0 Å². The Morgan fingerprint density at radius 1 is 1.53 bits per heavy atom. The lowest BCUT2D eigenvalue weighted by atomic mass is 9.99. The number of aliphatic imine (C=N–C) groups is 1. The van der Waals surface area contributed by atoms with Gasteiger partial charge in [0.2, 0.25) is 5.91 Å². The van der Waals surface area contributed by atoms with Gasteiger partial charge in [-0.05, 0) is 45.1 Å². The maximum atomic E-state index is 12.1. The summed E-state index contributed by atoms with van der Waals surface area (Å²) in [6.45, 7) is 3.51. The molecule has 4 nitrogen and oxygen atoms in total. The Hall–Kier alpha value is -0.870. The summed E-state index contributed by atoms with van der Waals surface area (Å²) in [5, 5.41) is 6.58. The second kappa shape index (κ2) is 5.19. The molecule has 17 heavy (non-hydrogen) atoms. The normalized spacial score (nSPS) is 33.0. The summed E-state index contributed by atoms with van der Waals surface area (Å²) in [7, 11) is 0. The molecule has 1 heterocycles. The molecule has 0 aromatic rings. The first kappa shape index (κ1) is 12.6. The van der Waals surface area contributed by atoms with Crippen LogP contribution in [0.5, 0.6) is 0 Å². The average Bonchev–Trinajstić information content (AvgIpc) is 2.88. The predicted octanol–water partition coefficient (Wildman–Crippen LogP) is 1.76. The first-order valence-corrected chi connectivity index (χ1v) is 6.42. The molecule has 5 heteroatoms. The Morgan fingerprint density at radius 3 is 2.76 bits per heavy atom. The zero-order valence-electron chi connectivity index (χ0n) is 10.2. The van der Waals surface area contributed by atoms with Gasteiger partial charge in [-0.1, -0.05) is 11.6 Å². The van der Waals surface area contributed by atoms with E-state index in [9.17, 15) is 4.79 Å². The molecule has 1 amide bonds. The number of nitrogens with one attached hydrogen (secondary N) is 2. The number of carbonyl (C=O) groups excluding carboxylic acids is 1. The van der Waals surface area contributed by atoms with Crippen LogP contribution in [0.25, 0.3) is 0 Å².